The highest BCUT2D eigenvalue weighted by molar-refractivity contribution is 5.88. The van der Waals surface area contributed by atoms with Crippen molar-refractivity contribution >= 4 is 11.6 Å². The van der Waals surface area contributed by atoms with Crippen molar-refractivity contribution in [1.82, 2.24) is 5.32 Å². The lowest BCUT2D eigenvalue weighted by Crippen LogP contribution is -2.31. The molecule has 1 saturated heterocycles. The fraction of sp³-hybridized carbons (Fsp3) is 0.462. The number of rotatable bonds is 4. The third-order valence-corrected chi connectivity index (χ3v) is 2.87. The molecular weight excluding hydrogens is 232 g/mol. The lowest BCUT2D eigenvalue weighted by atomic mass is 10.2. The fourth-order valence-corrected chi connectivity index (χ4v) is 1.98. The second kappa shape index (κ2) is 5.84. The smallest absolute Gasteiger partial charge is 0.221 e. The molecule has 1 heterocycles. The number of methoxy groups -OCH3 is 1. The third kappa shape index (κ3) is 3.21. The zero-order valence-corrected chi connectivity index (χ0v) is 10.6. The molecule has 1 amide bonds. The summed E-state index contributed by atoms with van der Waals surface area (Å²) in [6.45, 7) is 3.08. The minimum Gasteiger partial charge on any atom is -0.486 e. The Morgan fingerprint density at radius 1 is 1.28 bits per heavy atom. The van der Waals surface area contributed by atoms with E-state index in [1.807, 2.05) is 24.3 Å². The van der Waals surface area contributed by atoms with E-state index >= 15 is 0 Å². The standard InChI is InChI=1S/C13H18N2O3/c1-9(16)15-10-3-5-11(6-4-10)18-13-8-14-7-12(13)17-2/h3-6,12-14H,7-8H2,1-2H3,(H,15,16). The molecule has 5 heteroatoms. The van der Waals surface area contributed by atoms with Gasteiger partial charge in [-0.05, 0) is 24.3 Å². The van der Waals surface area contributed by atoms with Crippen LogP contribution in [0.5, 0.6) is 5.75 Å². The molecule has 0 bridgehead atoms. The van der Waals surface area contributed by atoms with E-state index in [9.17, 15) is 4.79 Å². The Kier molecular flexibility index (Phi) is 4.17. The molecule has 98 valence electrons. The molecule has 0 saturated carbocycles. The Morgan fingerprint density at radius 2 is 1.94 bits per heavy atom. The molecule has 0 aliphatic carbocycles. The van der Waals surface area contributed by atoms with Crippen LogP contribution in [0.1, 0.15) is 6.92 Å². The molecule has 2 N–H and O–H groups in total. The van der Waals surface area contributed by atoms with Crippen LogP contribution in [0, 0.1) is 0 Å². The number of ether oxygens (including phenoxy) is 2. The molecule has 1 aliphatic rings. The Labute approximate surface area is 106 Å². The number of carbonyl (C=O) groups excluding carboxylic acids is 1. The molecule has 1 aromatic rings. The Bertz CT molecular complexity index is 405. The molecule has 5 nitrogen and oxygen atoms in total. The average molecular weight is 250 g/mol. The van der Waals surface area contributed by atoms with Crippen molar-refractivity contribution in [1.29, 1.82) is 0 Å². The van der Waals surface area contributed by atoms with Crippen molar-refractivity contribution in [2.75, 3.05) is 25.5 Å². The summed E-state index contributed by atoms with van der Waals surface area (Å²) in [5.74, 6) is 0.697. The highest BCUT2D eigenvalue weighted by Crippen LogP contribution is 2.19. The third-order valence-electron chi connectivity index (χ3n) is 2.87. The van der Waals surface area contributed by atoms with Crippen molar-refractivity contribution in [3.63, 3.8) is 0 Å². The average Bonchev–Trinajstić information content (AvgIpc) is 2.78. The first kappa shape index (κ1) is 12.9. The first-order valence-corrected chi connectivity index (χ1v) is 5.97. The maximum absolute atomic E-state index is 10.9. The highest BCUT2D eigenvalue weighted by atomic mass is 16.5. The number of amides is 1. The van der Waals surface area contributed by atoms with Gasteiger partial charge >= 0.3 is 0 Å². The SMILES string of the molecule is COC1CNCC1Oc1ccc(NC(C)=O)cc1. The van der Waals surface area contributed by atoms with E-state index in [1.54, 1.807) is 7.11 Å². The normalized spacial score (nSPS) is 22.8. The number of hydrogen-bond donors (Lipinski definition) is 2. The van der Waals surface area contributed by atoms with E-state index in [2.05, 4.69) is 10.6 Å². The summed E-state index contributed by atoms with van der Waals surface area (Å²) in [5.41, 5.74) is 0.766. The summed E-state index contributed by atoms with van der Waals surface area (Å²) in [6, 6.07) is 7.33. The van der Waals surface area contributed by atoms with Gasteiger partial charge < -0.3 is 20.1 Å². The summed E-state index contributed by atoms with van der Waals surface area (Å²) >= 11 is 0. The monoisotopic (exact) mass is 250 g/mol. The summed E-state index contributed by atoms with van der Waals surface area (Å²) in [7, 11) is 1.69. The Hall–Kier alpha value is -1.59. The maximum atomic E-state index is 10.9. The molecule has 1 aromatic carbocycles. The van der Waals surface area contributed by atoms with Crippen molar-refractivity contribution in [3.05, 3.63) is 24.3 Å². The molecule has 0 spiro atoms. The topological polar surface area (TPSA) is 59.6 Å². The zero-order valence-electron chi connectivity index (χ0n) is 10.6. The van der Waals surface area contributed by atoms with Crippen LogP contribution in [0.4, 0.5) is 5.69 Å². The fourth-order valence-electron chi connectivity index (χ4n) is 1.98. The van der Waals surface area contributed by atoms with E-state index in [-0.39, 0.29) is 18.1 Å². The molecule has 1 fully saturated rings. The van der Waals surface area contributed by atoms with Gasteiger partial charge in [0.1, 0.15) is 18.0 Å². The van der Waals surface area contributed by atoms with Gasteiger partial charge in [-0.15, -0.1) is 0 Å². The van der Waals surface area contributed by atoms with E-state index < -0.39 is 0 Å². The van der Waals surface area contributed by atoms with Gasteiger partial charge in [0, 0.05) is 32.8 Å². The number of hydrogen-bond acceptors (Lipinski definition) is 4. The van der Waals surface area contributed by atoms with Gasteiger partial charge in [-0.1, -0.05) is 0 Å². The number of carbonyl (C=O) groups is 1. The van der Waals surface area contributed by atoms with E-state index in [1.165, 1.54) is 6.92 Å². The van der Waals surface area contributed by atoms with Crippen LogP contribution in [0.25, 0.3) is 0 Å². The summed E-state index contributed by atoms with van der Waals surface area (Å²) in [5, 5.41) is 5.94. The van der Waals surface area contributed by atoms with Gasteiger partial charge in [0.05, 0.1) is 0 Å². The number of nitrogens with one attached hydrogen (secondary N) is 2. The minimum atomic E-state index is -0.0805. The number of benzene rings is 1. The molecule has 0 aromatic heterocycles. The summed E-state index contributed by atoms with van der Waals surface area (Å²) in [4.78, 5) is 10.9. The van der Waals surface area contributed by atoms with Crippen LogP contribution >= 0.6 is 0 Å². The first-order chi connectivity index (χ1) is 8.69. The van der Waals surface area contributed by atoms with Gasteiger partial charge in [0.15, 0.2) is 0 Å². The van der Waals surface area contributed by atoms with Gasteiger partial charge in [-0.3, -0.25) is 4.79 Å². The van der Waals surface area contributed by atoms with E-state index in [4.69, 9.17) is 9.47 Å². The predicted molar refractivity (Wildman–Crippen MR) is 68.8 cm³/mol. The van der Waals surface area contributed by atoms with Crippen molar-refractivity contribution < 1.29 is 14.3 Å². The van der Waals surface area contributed by atoms with Crippen LogP contribution in [0.2, 0.25) is 0 Å². The van der Waals surface area contributed by atoms with Crippen LogP contribution in [0.15, 0.2) is 24.3 Å². The van der Waals surface area contributed by atoms with Crippen LogP contribution in [-0.4, -0.2) is 38.3 Å². The second-order valence-corrected chi connectivity index (χ2v) is 4.29. The molecule has 0 radical (unpaired) electrons. The van der Waals surface area contributed by atoms with Gasteiger partial charge in [0.2, 0.25) is 5.91 Å². The largest absolute Gasteiger partial charge is 0.486 e. The molecule has 2 rings (SSSR count). The van der Waals surface area contributed by atoms with Crippen molar-refractivity contribution in [2.24, 2.45) is 0 Å². The highest BCUT2D eigenvalue weighted by Gasteiger charge is 2.28. The van der Waals surface area contributed by atoms with Gasteiger partial charge in [-0.2, -0.15) is 0 Å². The quantitative estimate of drug-likeness (QED) is 0.837. The summed E-state index contributed by atoms with van der Waals surface area (Å²) < 4.78 is 11.2. The van der Waals surface area contributed by atoms with Gasteiger partial charge in [-0.25, -0.2) is 0 Å². The molecule has 1 aliphatic heterocycles. The van der Waals surface area contributed by atoms with Crippen molar-refractivity contribution in [2.45, 2.75) is 19.1 Å². The predicted octanol–water partition coefficient (Wildman–Crippen LogP) is 1.01. The molecule has 2 unspecified atom stereocenters. The summed E-state index contributed by atoms with van der Waals surface area (Å²) in [6.07, 6.45) is 0.113. The van der Waals surface area contributed by atoms with Crippen LogP contribution < -0.4 is 15.4 Å². The van der Waals surface area contributed by atoms with E-state index in [0.717, 1.165) is 24.5 Å². The van der Waals surface area contributed by atoms with Crippen LogP contribution in [-0.2, 0) is 9.53 Å². The Morgan fingerprint density at radius 3 is 2.56 bits per heavy atom. The van der Waals surface area contributed by atoms with Gasteiger partial charge in [0.25, 0.3) is 0 Å². The van der Waals surface area contributed by atoms with E-state index in [0.29, 0.717) is 0 Å². The molecular formula is C13H18N2O3. The first-order valence-electron chi connectivity index (χ1n) is 5.97. The minimum absolute atomic E-state index is 0.0293. The molecule has 2 atom stereocenters. The Balaban J connectivity index is 1.95. The van der Waals surface area contributed by atoms with Crippen molar-refractivity contribution in [3.8, 4) is 5.75 Å². The second-order valence-electron chi connectivity index (χ2n) is 4.29. The lowest BCUT2D eigenvalue weighted by molar-refractivity contribution is -0.114. The van der Waals surface area contributed by atoms with Crippen LogP contribution in [0.3, 0.4) is 0 Å². The maximum Gasteiger partial charge on any atom is 0.221 e. The zero-order chi connectivity index (χ0) is 13.0. The molecule has 18 heavy (non-hydrogen) atoms. The lowest BCUT2D eigenvalue weighted by Gasteiger charge is -2.19. The number of anilines is 1.